The number of rotatable bonds is 18. The summed E-state index contributed by atoms with van der Waals surface area (Å²) in [5.74, 6) is -0.854. The SMILES string of the molecule is O=CNCCCCCCCC(=O)NCCOCCOCCC(=O)O. The minimum Gasteiger partial charge on any atom is -0.481 e. The second kappa shape index (κ2) is 17.7. The highest BCUT2D eigenvalue weighted by Gasteiger charge is 2.01. The number of unbranched alkanes of at least 4 members (excludes halogenated alkanes) is 4. The summed E-state index contributed by atoms with van der Waals surface area (Å²) in [5.41, 5.74) is 0. The van der Waals surface area contributed by atoms with Gasteiger partial charge in [0.15, 0.2) is 0 Å². The van der Waals surface area contributed by atoms with Gasteiger partial charge in [-0.1, -0.05) is 19.3 Å². The average molecular weight is 346 g/mol. The van der Waals surface area contributed by atoms with E-state index in [0.717, 1.165) is 32.1 Å². The first-order valence-corrected chi connectivity index (χ1v) is 8.48. The Morgan fingerprint density at radius 3 is 2.21 bits per heavy atom. The standard InChI is InChI=1S/C16H30N2O6/c19-14-17-8-5-3-1-2-4-6-15(20)18-9-11-24-13-12-23-10-7-16(21)22/h14H,1-13H2,(H,17,19)(H,18,20)(H,21,22). The van der Waals surface area contributed by atoms with Crippen LogP contribution < -0.4 is 10.6 Å². The van der Waals surface area contributed by atoms with Crippen molar-refractivity contribution in [3.05, 3.63) is 0 Å². The third-order valence-electron chi connectivity index (χ3n) is 3.21. The Morgan fingerprint density at radius 1 is 0.833 bits per heavy atom. The molecule has 3 N–H and O–H groups in total. The monoisotopic (exact) mass is 346 g/mol. The zero-order valence-electron chi connectivity index (χ0n) is 14.3. The minimum atomic E-state index is -0.881. The van der Waals surface area contributed by atoms with Crippen LogP contribution in [0.15, 0.2) is 0 Å². The van der Waals surface area contributed by atoms with Gasteiger partial charge in [-0.15, -0.1) is 0 Å². The second-order valence-electron chi connectivity index (χ2n) is 5.31. The second-order valence-corrected chi connectivity index (χ2v) is 5.31. The molecule has 0 atom stereocenters. The maximum atomic E-state index is 11.6. The van der Waals surface area contributed by atoms with Crippen molar-refractivity contribution in [1.82, 2.24) is 10.6 Å². The summed E-state index contributed by atoms with van der Waals surface area (Å²) in [6.45, 7) is 2.51. The Morgan fingerprint density at radius 2 is 1.50 bits per heavy atom. The maximum absolute atomic E-state index is 11.6. The Bertz CT molecular complexity index is 339. The van der Waals surface area contributed by atoms with Gasteiger partial charge in [0.25, 0.3) is 0 Å². The fourth-order valence-corrected chi connectivity index (χ4v) is 1.93. The van der Waals surface area contributed by atoms with Crippen LogP contribution >= 0.6 is 0 Å². The lowest BCUT2D eigenvalue weighted by molar-refractivity contribution is -0.138. The van der Waals surface area contributed by atoms with Gasteiger partial charge in [0.1, 0.15) is 0 Å². The lowest BCUT2D eigenvalue weighted by Gasteiger charge is -2.07. The van der Waals surface area contributed by atoms with E-state index < -0.39 is 5.97 Å². The largest absolute Gasteiger partial charge is 0.481 e. The van der Waals surface area contributed by atoms with Crippen molar-refractivity contribution in [3.8, 4) is 0 Å². The fraction of sp³-hybridized carbons (Fsp3) is 0.812. The highest BCUT2D eigenvalue weighted by Crippen LogP contribution is 2.04. The van der Waals surface area contributed by atoms with Crippen molar-refractivity contribution in [3.63, 3.8) is 0 Å². The van der Waals surface area contributed by atoms with Gasteiger partial charge >= 0.3 is 5.97 Å². The number of hydrogen-bond donors (Lipinski definition) is 3. The molecule has 0 bridgehead atoms. The zero-order valence-corrected chi connectivity index (χ0v) is 14.3. The lowest BCUT2D eigenvalue weighted by atomic mass is 10.1. The van der Waals surface area contributed by atoms with E-state index in [1.807, 2.05) is 0 Å². The summed E-state index contributed by atoms with van der Waals surface area (Å²) >= 11 is 0. The Labute approximate surface area is 143 Å². The molecule has 0 saturated heterocycles. The highest BCUT2D eigenvalue weighted by atomic mass is 16.5. The topological polar surface area (TPSA) is 114 Å². The molecule has 0 aliphatic rings. The third kappa shape index (κ3) is 18.4. The summed E-state index contributed by atoms with van der Waals surface area (Å²) in [7, 11) is 0. The van der Waals surface area contributed by atoms with Crippen molar-refractivity contribution >= 4 is 18.3 Å². The number of hydrogen-bond acceptors (Lipinski definition) is 5. The van der Waals surface area contributed by atoms with Crippen molar-refractivity contribution < 1.29 is 29.0 Å². The van der Waals surface area contributed by atoms with Crippen molar-refractivity contribution in [1.29, 1.82) is 0 Å². The number of aliphatic carboxylic acids is 1. The number of amides is 2. The van der Waals surface area contributed by atoms with E-state index in [1.165, 1.54) is 0 Å². The first kappa shape index (κ1) is 22.3. The van der Waals surface area contributed by atoms with Crippen LogP contribution in [0, 0.1) is 0 Å². The first-order chi connectivity index (χ1) is 11.7. The molecule has 0 aromatic rings. The zero-order chi connectivity index (χ0) is 17.9. The normalized spacial score (nSPS) is 10.3. The Kier molecular flexibility index (Phi) is 16.4. The molecule has 2 amide bonds. The van der Waals surface area contributed by atoms with Gasteiger partial charge in [0.05, 0.1) is 32.8 Å². The van der Waals surface area contributed by atoms with Gasteiger partial charge in [-0.3, -0.25) is 14.4 Å². The van der Waals surface area contributed by atoms with E-state index in [1.54, 1.807) is 0 Å². The molecule has 0 heterocycles. The molecule has 0 aromatic carbocycles. The molecule has 0 unspecified atom stereocenters. The number of ether oxygens (including phenoxy) is 2. The third-order valence-corrected chi connectivity index (χ3v) is 3.21. The fourth-order valence-electron chi connectivity index (χ4n) is 1.93. The van der Waals surface area contributed by atoms with E-state index in [-0.39, 0.29) is 18.9 Å². The summed E-state index contributed by atoms with van der Waals surface area (Å²) in [5, 5.41) is 13.8. The summed E-state index contributed by atoms with van der Waals surface area (Å²) in [4.78, 5) is 31.8. The number of carboxylic acids is 1. The van der Waals surface area contributed by atoms with Crippen LogP contribution in [0.1, 0.15) is 44.9 Å². The van der Waals surface area contributed by atoms with Crippen LogP contribution in [-0.4, -0.2) is 62.9 Å². The molecule has 0 fully saturated rings. The molecule has 140 valence electrons. The molecule has 0 rings (SSSR count). The molecule has 8 nitrogen and oxygen atoms in total. The maximum Gasteiger partial charge on any atom is 0.305 e. The van der Waals surface area contributed by atoms with Crippen LogP contribution in [0.4, 0.5) is 0 Å². The smallest absolute Gasteiger partial charge is 0.305 e. The van der Waals surface area contributed by atoms with Crippen LogP contribution in [0.25, 0.3) is 0 Å². The summed E-state index contributed by atoms with van der Waals surface area (Å²) < 4.78 is 10.3. The van der Waals surface area contributed by atoms with Crippen LogP contribution in [-0.2, 0) is 23.9 Å². The van der Waals surface area contributed by atoms with E-state index in [4.69, 9.17) is 14.6 Å². The predicted molar refractivity (Wildman–Crippen MR) is 88.7 cm³/mol. The molecular weight excluding hydrogens is 316 g/mol. The van der Waals surface area contributed by atoms with Crippen molar-refractivity contribution in [2.75, 3.05) is 39.5 Å². The van der Waals surface area contributed by atoms with Gasteiger partial charge in [-0.25, -0.2) is 0 Å². The van der Waals surface area contributed by atoms with Gasteiger partial charge in [0, 0.05) is 19.5 Å². The summed E-state index contributed by atoms with van der Waals surface area (Å²) in [6.07, 6.45) is 6.20. The summed E-state index contributed by atoms with van der Waals surface area (Å²) in [6, 6.07) is 0. The van der Waals surface area contributed by atoms with E-state index >= 15 is 0 Å². The first-order valence-electron chi connectivity index (χ1n) is 8.48. The van der Waals surface area contributed by atoms with Gasteiger partial charge in [-0.05, 0) is 12.8 Å². The lowest BCUT2D eigenvalue weighted by Crippen LogP contribution is -2.27. The number of carboxylic acid groups (broad SMARTS) is 1. The molecule has 0 aromatic heterocycles. The number of carbonyl (C=O) groups excluding carboxylic acids is 2. The van der Waals surface area contributed by atoms with Crippen molar-refractivity contribution in [2.45, 2.75) is 44.9 Å². The minimum absolute atomic E-state index is 0.00824. The van der Waals surface area contributed by atoms with Crippen molar-refractivity contribution in [2.24, 2.45) is 0 Å². The quantitative estimate of drug-likeness (QED) is 0.249. The molecule has 8 heteroatoms. The van der Waals surface area contributed by atoms with E-state index in [9.17, 15) is 14.4 Å². The van der Waals surface area contributed by atoms with Gasteiger partial charge in [0.2, 0.25) is 12.3 Å². The van der Waals surface area contributed by atoms with E-state index in [2.05, 4.69) is 10.6 Å². The molecule has 0 spiro atoms. The van der Waals surface area contributed by atoms with Crippen LogP contribution in [0.2, 0.25) is 0 Å². The molecule has 0 radical (unpaired) electrons. The number of nitrogens with one attached hydrogen (secondary N) is 2. The molecule has 0 aliphatic carbocycles. The Hall–Kier alpha value is -1.67. The van der Waals surface area contributed by atoms with Crippen LogP contribution in [0.3, 0.4) is 0 Å². The molecular formula is C16H30N2O6. The average Bonchev–Trinajstić information content (AvgIpc) is 2.55. The predicted octanol–water partition coefficient (Wildman–Crippen LogP) is 0.697. The van der Waals surface area contributed by atoms with Crippen LogP contribution in [0.5, 0.6) is 0 Å². The molecule has 24 heavy (non-hydrogen) atoms. The molecule has 0 aliphatic heterocycles. The number of carbonyl (C=O) groups is 3. The van der Waals surface area contributed by atoms with Gasteiger partial charge in [-0.2, -0.15) is 0 Å². The Balaban J connectivity index is 3.18. The molecule has 0 saturated carbocycles. The van der Waals surface area contributed by atoms with E-state index in [0.29, 0.717) is 45.7 Å². The highest BCUT2D eigenvalue weighted by molar-refractivity contribution is 5.75. The van der Waals surface area contributed by atoms with Gasteiger partial charge < -0.3 is 25.2 Å².